The fraction of sp³-hybridized carbons (Fsp3) is 0.167. The third kappa shape index (κ3) is 3.57. The largest absolute Gasteiger partial charge is 0.455 e. The van der Waals surface area contributed by atoms with Crippen molar-refractivity contribution in [3.05, 3.63) is 143 Å². The van der Waals surface area contributed by atoms with Crippen molar-refractivity contribution >= 4 is 21.9 Å². The number of hydrogen-bond acceptors (Lipinski definition) is 4. The first-order valence-corrected chi connectivity index (χ1v) is 14.1. The molecule has 40 heavy (non-hydrogen) atoms. The molecule has 1 aromatic heterocycles. The van der Waals surface area contributed by atoms with Gasteiger partial charge in [-0.15, -0.1) is 0 Å². The summed E-state index contributed by atoms with van der Waals surface area (Å²) in [7, 11) is 0. The van der Waals surface area contributed by atoms with Crippen LogP contribution in [0.4, 0.5) is 0 Å². The van der Waals surface area contributed by atoms with Crippen LogP contribution in [0.1, 0.15) is 60.2 Å². The average molecular weight is 522 g/mol. The van der Waals surface area contributed by atoms with Gasteiger partial charge < -0.3 is 4.42 Å². The molecule has 1 saturated heterocycles. The highest BCUT2D eigenvalue weighted by Crippen LogP contribution is 2.53. The second-order valence-electron chi connectivity index (χ2n) is 11.5. The molecule has 0 radical (unpaired) electrons. The first-order valence-electron chi connectivity index (χ1n) is 14.1. The lowest BCUT2D eigenvalue weighted by Crippen LogP contribution is -2.54. The molecule has 4 nitrogen and oxygen atoms in total. The van der Waals surface area contributed by atoms with Crippen molar-refractivity contribution in [2.75, 3.05) is 0 Å². The lowest BCUT2D eigenvalue weighted by Gasteiger charge is -2.40. The molecule has 8 rings (SSSR count). The molecule has 2 heterocycles. The maximum absolute atomic E-state index is 6.49. The first kappa shape index (κ1) is 23.6. The van der Waals surface area contributed by atoms with Crippen LogP contribution in [0.15, 0.2) is 120 Å². The quantitative estimate of drug-likeness (QED) is 0.220. The van der Waals surface area contributed by atoms with Crippen LogP contribution in [0.5, 0.6) is 0 Å². The van der Waals surface area contributed by atoms with E-state index in [1.165, 1.54) is 49.7 Å². The van der Waals surface area contributed by atoms with Crippen LogP contribution in [0.3, 0.4) is 0 Å². The Balaban J connectivity index is 1.23. The third-order valence-corrected chi connectivity index (χ3v) is 8.81. The molecule has 2 unspecified atom stereocenters. The Labute approximate surface area is 234 Å². The number of benzene rings is 5. The van der Waals surface area contributed by atoms with Gasteiger partial charge in [-0.3, -0.25) is 16.0 Å². The summed E-state index contributed by atoms with van der Waals surface area (Å²) in [5.41, 5.74) is 10.6. The van der Waals surface area contributed by atoms with E-state index in [1.807, 2.05) is 6.07 Å². The van der Waals surface area contributed by atoms with E-state index >= 15 is 0 Å². The van der Waals surface area contributed by atoms with E-state index in [-0.39, 0.29) is 23.9 Å². The zero-order chi connectivity index (χ0) is 26.8. The van der Waals surface area contributed by atoms with E-state index in [4.69, 9.17) is 4.42 Å². The lowest BCUT2D eigenvalue weighted by atomic mass is 9.81. The maximum Gasteiger partial charge on any atom is 0.143 e. The summed E-state index contributed by atoms with van der Waals surface area (Å²) in [6.07, 6.45) is -0.0229. The lowest BCUT2D eigenvalue weighted by molar-refractivity contribution is 0.203. The minimum Gasteiger partial charge on any atom is -0.455 e. The topological polar surface area (TPSA) is 49.2 Å². The van der Waals surface area contributed by atoms with Crippen LogP contribution in [0.2, 0.25) is 0 Å². The molecule has 2 atom stereocenters. The van der Waals surface area contributed by atoms with Gasteiger partial charge in [0, 0.05) is 21.8 Å². The number of para-hydroxylation sites is 1. The molecular weight excluding hydrogens is 490 g/mol. The molecule has 5 aromatic carbocycles. The van der Waals surface area contributed by atoms with E-state index in [9.17, 15) is 0 Å². The van der Waals surface area contributed by atoms with Gasteiger partial charge in [0.15, 0.2) is 0 Å². The molecule has 3 N–H and O–H groups in total. The predicted octanol–water partition coefficient (Wildman–Crippen LogP) is 8.07. The zero-order valence-electron chi connectivity index (χ0n) is 22.6. The van der Waals surface area contributed by atoms with E-state index in [1.54, 1.807) is 0 Å². The van der Waals surface area contributed by atoms with Crippen molar-refractivity contribution in [3.63, 3.8) is 0 Å². The molecule has 1 aliphatic heterocycles. The Hall–Kier alpha value is -4.22. The first-order chi connectivity index (χ1) is 19.6. The molecule has 1 fully saturated rings. The summed E-state index contributed by atoms with van der Waals surface area (Å²) in [4.78, 5) is 0. The molecule has 0 bridgehead atoms. The molecule has 6 aromatic rings. The standard InChI is InChI=1S/C36H31N3O/c1-36(2)28-20-19-26-25-15-9-10-16-30(25)40-32(26)31(28)27-18-17-24(21-29(27)36)35-38-33(22-11-5-3-6-12-22)37-34(39-35)23-13-7-4-8-14-23/h3-21,33-35,37-39H,1-2H3. The highest BCUT2D eigenvalue weighted by Gasteiger charge is 2.39. The van der Waals surface area contributed by atoms with Crippen LogP contribution in [0, 0.1) is 0 Å². The maximum atomic E-state index is 6.49. The second-order valence-corrected chi connectivity index (χ2v) is 11.5. The van der Waals surface area contributed by atoms with E-state index in [0.29, 0.717) is 0 Å². The van der Waals surface area contributed by atoms with Crippen molar-refractivity contribution in [1.82, 2.24) is 16.0 Å². The van der Waals surface area contributed by atoms with Crippen LogP contribution < -0.4 is 16.0 Å². The summed E-state index contributed by atoms with van der Waals surface area (Å²) < 4.78 is 6.49. The molecule has 0 amide bonds. The zero-order valence-corrected chi connectivity index (χ0v) is 22.6. The number of furan rings is 1. The molecule has 4 heteroatoms. The molecule has 0 spiro atoms. The van der Waals surface area contributed by atoms with Gasteiger partial charge in [-0.25, -0.2) is 0 Å². The monoisotopic (exact) mass is 521 g/mol. The average Bonchev–Trinajstić information content (AvgIpc) is 3.50. The Bertz CT molecular complexity index is 1830. The fourth-order valence-electron chi connectivity index (χ4n) is 6.71. The summed E-state index contributed by atoms with van der Waals surface area (Å²) in [6.45, 7) is 4.66. The van der Waals surface area contributed by atoms with Gasteiger partial charge >= 0.3 is 0 Å². The highest BCUT2D eigenvalue weighted by molar-refractivity contribution is 6.11. The van der Waals surface area contributed by atoms with Crippen molar-refractivity contribution in [1.29, 1.82) is 0 Å². The molecule has 2 aliphatic rings. The second kappa shape index (κ2) is 8.90. The fourth-order valence-corrected chi connectivity index (χ4v) is 6.71. The van der Waals surface area contributed by atoms with Crippen LogP contribution in [-0.2, 0) is 5.41 Å². The molecule has 0 saturated carbocycles. The minimum absolute atomic E-state index is 0.00583. The normalized spacial score (nSPS) is 21.4. The van der Waals surface area contributed by atoms with E-state index < -0.39 is 0 Å². The molecular formula is C36H31N3O. The van der Waals surface area contributed by atoms with Crippen molar-refractivity contribution in [3.8, 4) is 11.1 Å². The van der Waals surface area contributed by atoms with Gasteiger partial charge in [0.1, 0.15) is 11.2 Å². The van der Waals surface area contributed by atoms with Crippen LogP contribution in [0.25, 0.3) is 33.1 Å². The van der Waals surface area contributed by atoms with Crippen molar-refractivity contribution in [2.45, 2.75) is 37.8 Å². The summed E-state index contributed by atoms with van der Waals surface area (Å²) in [5, 5.41) is 13.8. The van der Waals surface area contributed by atoms with Gasteiger partial charge in [0.05, 0.1) is 18.5 Å². The Morgan fingerprint density at radius 3 is 1.82 bits per heavy atom. The summed E-state index contributed by atoms with van der Waals surface area (Å²) >= 11 is 0. The van der Waals surface area contributed by atoms with Gasteiger partial charge in [0.25, 0.3) is 0 Å². The summed E-state index contributed by atoms with van der Waals surface area (Å²) in [6, 6.07) is 41.1. The van der Waals surface area contributed by atoms with Crippen LogP contribution >= 0.6 is 0 Å². The highest BCUT2D eigenvalue weighted by atomic mass is 16.3. The number of nitrogens with one attached hydrogen (secondary N) is 3. The van der Waals surface area contributed by atoms with E-state index in [0.717, 1.165) is 11.2 Å². The van der Waals surface area contributed by atoms with Gasteiger partial charge in [-0.2, -0.15) is 0 Å². The summed E-state index contributed by atoms with van der Waals surface area (Å²) in [5.74, 6) is 0. The Morgan fingerprint density at radius 1 is 0.550 bits per heavy atom. The van der Waals surface area contributed by atoms with Crippen LogP contribution in [-0.4, -0.2) is 0 Å². The van der Waals surface area contributed by atoms with Gasteiger partial charge in [0.2, 0.25) is 0 Å². The third-order valence-electron chi connectivity index (χ3n) is 8.81. The van der Waals surface area contributed by atoms with E-state index in [2.05, 4.69) is 139 Å². The predicted molar refractivity (Wildman–Crippen MR) is 162 cm³/mol. The Kier molecular flexibility index (Phi) is 5.26. The smallest absolute Gasteiger partial charge is 0.143 e. The molecule has 1 aliphatic carbocycles. The van der Waals surface area contributed by atoms with Crippen molar-refractivity contribution < 1.29 is 4.42 Å². The number of fused-ring (bicyclic) bond motifs is 7. The van der Waals surface area contributed by atoms with Crippen molar-refractivity contribution in [2.24, 2.45) is 0 Å². The molecule has 196 valence electrons. The van der Waals surface area contributed by atoms with Gasteiger partial charge in [-0.05, 0) is 39.4 Å². The van der Waals surface area contributed by atoms with Gasteiger partial charge in [-0.1, -0.05) is 123 Å². The Morgan fingerprint density at radius 2 is 1.15 bits per heavy atom. The number of hydrogen-bond donors (Lipinski definition) is 3. The SMILES string of the molecule is CC1(C)c2cc(C3NC(c4ccccc4)NC(c4ccccc4)N3)ccc2-c2c1ccc1c2oc2ccccc21. The number of rotatable bonds is 3. The minimum atomic E-state index is -0.140.